The monoisotopic (exact) mass is 458 g/mol. The van der Waals surface area contributed by atoms with Gasteiger partial charge >= 0.3 is 0 Å². The molecule has 1 saturated heterocycles. The average Bonchev–Trinajstić information content (AvgIpc) is 2.57. The molecule has 0 bridgehead atoms. The molecule has 2 atom stereocenters. The molecule has 0 aromatic heterocycles. The molecule has 1 heterocycles. The van der Waals surface area contributed by atoms with Crippen LogP contribution in [0.5, 0.6) is 0 Å². The van der Waals surface area contributed by atoms with Gasteiger partial charge in [-0.3, -0.25) is 4.99 Å². The van der Waals surface area contributed by atoms with Crippen LogP contribution in [0.3, 0.4) is 0 Å². The second-order valence-corrected chi connectivity index (χ2v) is 7.19. The number of nitrogens with zero attached hydrogens (tertiary/aromatic N) is 2. The van der Waals surface area contributed by atoms with Crippen molar-refractivity contribution in [3.8, 4) is 0 Å². The van der Waals surface area contributed by atoms with Crippen LogP contribution in [0.1, 0.15) is 43.7 Å². The van der Waals surface area contributed by atoms with Crippen LogP contribution < -0.4 is 10.6 Å². The maximum absolute atomic E-state index is 4.80. The van der Waals surface area contributed by atoms with E-state index in [1.54, 1.807) is 0 Å². The van der Waals surface area contributed by atoms with Crippen LogP contribution in [0.15, 0.2) is 29.3 Å². The normalized spacial score (nSPS) is 19.8. The van der Waals surface area contributed by atoms with Gasteiger partial charge in [-0.2, -0.15) is 0 Å². The van der Waals surface area contributed by atoms with E-state index in [9.17, 15) is 0 Å². The van der Waals surface area contributed by atoms with Crippen molar-refractivity contribution < 1.29 is 0 Å². The van der Waals surface area contributed by atoms with Crippen molar-refractivity contribution in [2.45, 2.75) is 39.5 Å². The molecule has 0 radical (unpaired) electrons. The predicted octanol–water partition coefficient (Wildman–Crippen LogP) is 3.61. The van der Waals surface area contributed by atoms with Gasteiger partial charge < -0.3 is 15.5 Å². The molecule has 0 amide bonds. The van der Waals surface area contributed by atoms with Gasteiger partial charge in [-0.05, 0) is 51.8 Å². The van der Waals surface area contributed by atoms with E-state index in [4.69, 9.17) is 4.99 Å². The van der Waals surface area contributed by atoms with Gasteiger partial charge in [0.25, 0.3) is 0 Å². The Morgan fingerprint density at radius 2 is 2.16 bits per heavy atom. The molecule has 1 fully saturated rings. The van der Waals surface area contributed by atoms with Gasteiger partial charge in [-0.15, -0.1) is 24.0 Å². The lowest BCUT2D eigenvalue weighted by Gasteiger charge is -2.30. The summed E-state index contributed by atoms with van der Waals surface area (Å²) in [6.07, 6.45) is 2.62. The van der Waals surface area contributed by atoms with Crippen molar-refractivity contribution in [3.05, 3.63) is 35.4 Å². The third-order valence-corrected chi connectivity index (χ3v) is 4.76. The molecule has 0 aliphatic carbocycles. The van der Waals surface area contributed by atoms with Crippen molar-refractivity contribution in [2.24, 2.45) is 10.9 Å². The fraction of sp³-hybridized carbons (Fsp3) is 0.650. The first kappa shape index (κ1) is 22.2. The Bertz CT molecular complexity index is 532. The van der Waals surface area contributed by atoms with Crippen LogP contribution in [0.4, 0.5) is 0 Å². The first-order valence-corrected chi connectivity index (χ1v) is 9.35. The maximum Gasteiger partial charge on any atom is 0.191 e. The quantitative estimate of drug-likeness (QED) is 0.389. The fourth-order valence-corrected chi connectivity index (χ4v) is 3.33. The predicted molar refractivity (Wildman–Crippen MR) is 119 cm³/mol. The van der Waals surface area contributed by atoms with Gasteiger partial charge in [-0.25, -0.2) is 0 Å². The molecule has 5 heteroatoms. The van der Waals surface area contributed by atoms with Crippen molar-refractivity contribution >= 4 is 29.9 Å². The Labute approximate surface area is 170 Å². The highest BCUT2D eigenvalue weighted by Gasteiger charge is 2.17. The Morgan fingerprint density at radius 1 is 1.36 bits per heavy atom. The van der Waals surface area contributed by atoms with E-state index in [2.05, 4.69) is 67.6 Å². The van der Waals surface area contributed by atoms with Crippen molar-refractivity contribution in [3.63, 3.8) is 0 Å². The number of halogens is 1. The molecule has 1 aliphatic heterocycles. The molecule has 25 heavy (non-hydrogen) atoms. The molecule has 0 spiro atoms. The van der Waals surface area contributed by atoms with E-state index in [0.29, 0.717) is 5.92 Å². The van der Waals surface area contributed by atoms with Crippen LogP contribution in [-0.2, 0) is 0 Å². The third-order valence-electron chi connectivity index (χ3n) is 4.76. The van der Waals surface area contributed by atoms with Crippen LogP contribution >= 0.6 is 24.0 Å². The summed E-state index contributed by atoms with van der Waals surface area (Å²) in [5.41, 5.74) is 2.68. The molecule has 142 valence electrons. The fourth-order valence-electron chi connectivity index (χ4n) is 3.33. The standard InChI is InChI=1S/C20H34N4.HI/c1-5-21-20(23-14-18-9-7-11-24(4)15-18)22-13-17(3)19-10-6-8-16(2)12-19;/h6,8,10,12,17-18H,5,7,9,11,13-15H2,1-4H3,(H2,21,22,23);1H. The number of rotatable bonds is 6. The Balaban J connectivity index is 0.00000312. The zero-order valence-electron chi connectivity index (χ0n) is 16.2. The number of aliphatic imine (C=N–C) groups is 1. The summed E-state index contributed by atoms with van der Waals surface area (Å²) >= 11 is 0. The number of piperidine rings is 1. The molecular formula is C20H35IN4. The lowest BCUT2D eigenvalue weighted by Crippen LogP contribution is -2.43. The van der Waals surface area contributed by atoms with E-state index in [1.165, 1.54) is 37.1 Å². The SMILES string of the molecule is CCNC(=NCC(C)c1cccc(C)c1)NCC1CCCN(C)C1.I. The summed E-state index contributed by atoms with van der Waals surface area (Å²) < 4.78 is 0. The zero-order chi connectivity index (χ0) is 17.4. The minimum Gasteiger partial charge on any atom is -0.357 e. The Kier molecular flexibility index (Phi) is 10.4. The smallest absolute Gasteiger partial charge is 0.191 e. The first-order valence-electron chi connectivity index (χ1n) is 9.35. The van der Waals surface area contributed by atoms with Crippen LogP contribution in [-0.4, -0.2) is 50.6 Å². The number of hydrogen-bond acceptors (Lipinski definition) is 2. The van der Waals surface area contributed by atoms with E-state index in [0.717, 1.165) is 31.5 Å². The largest absolute Gasteiger partial charge is 0.357 e. The van der Waals surface area contributed by atoms with Gasteiger partial charge in [0.15, 0.2) is 5.96 Å². The summed E-state index contributed by atoms with van der Waals surface area (Å²) in [6, 6.07) is 8.74. The lowest BCUT2D eigenvalue weighted by atomic mass is 9.98. The second kappa shape index (κ2) is 11.7. The first-order chi connectivity index (χ1) is 11.6. The molecule has 2 N–H and O–H groups in total. The maximum atomic E-state index is 4.80. The molecule has 1 aromatic carbocycles. The summed E-state index contributed by atoms with van der Waals surface area (Å²) in [4.78, 5) is 7.23. The van der Waals surface area contributed by atoms with Gasteiger partial charge in [0.1, 0.15) is 0 Å². The third kappa shape index (κ3) is 7.94. The lowest BCUT2D eigenvalue weighted by molar-refractivity contribution is 0.210. The highest BCUT2D eigenvalue weighted by Crippen LogP contribution is 2.17. The number of aryl methyl sites for hydroxylation is 1. The Hall–Kier alpha value is -0.820. The summed E-state index contributed by atoms with van der Waals surface area (Å²) in [7, 11) is 2.22. The molecule has 4 nitrogen and oxygen atoms in total. The van der Waals surface area contributed by atoms with Crippen LogP contribution in [0.25, 0.3) is 0 Å². The molecule has 2 unspecified atom stereocenters. The van der Waals surface area contributed by atoms with Gasteiger partial charge in [0.2, 0.25) is 0 Å². The second-order valence-electron chi connectivity index (χ2n) is 7.19. The molecule has 2 rings (SSSR count). The number of guanidine groups is 1. The zero-order valence-corrected chi connectivity index (χ0v) is 18.5. The number of hydrogen-bond donors (Lipinski definition) is 2. The number of nitrogens with one attached hydrogen (secondary N) is 2. The average molecular weight is 458 g/mol. The van der Waals surface area contributed by atoms with Gasteiger partial charge in [0.05, 0.1) is 0 Å². The van der Waals surface area contributed by atoms with Gasteiger partial charge in [0, 0.05) is 32.1 Å². The highest BCUT2D eigenvalue weighted by atomic mass is 127. The van der Waals surface area contributed by atoms with E-state index >= 15 is 0 Å². The van der Waals surface area contributed by atoms with E-state index < -0.39 is 0 Å². The minimum atomic E-state index is 0. The molecule has 1 aliphatic rings. The number of likely N-dealkylation sites (tertiary alicyclic amines) is 1. The molecule has 0 saturated carbocycles. The summed E-state index contributed by atoms with van der Waals surface area (Å²) in [5.74, 6) is 2.10. The minimum absolute atomic E-state index is 0. The molecule has 1 aromatic rings. The Morgan fingerprint density at radius 3 is 2.84 bits per heavy atom. The van der Waals surface area contributed by atoms with Crippen molar-refractivity contribution in [1.82, 2.24) is 15.5 Å². The van der Waals surface area contributed by atoms with Crippen molar-refractivity contribution in [2.75, 3.05) is 39.8 Å². The van der Waals surface area contributed by atoms with E-state index in [-0.39, 0.29) is 24.0 Å². The highest BCUT2D eigenvalue weighted by molar-refractivity contribution is 14.0. The summed E-state index contributed by atoms with van der Waals surface area (Å²) in [5, 5.41) is 6.92. The molecular weight excluding hydrogens is 423 g/mol. The van der Waals surface area contributed by atoms with Crippen LogP contribution in [0.2, 0.25) is 0 Å². The van der Waals surface area contributed by atoms with Crippen LogP contribution in [0, 0.1) is 12.8 Å². The van der Waals surface area contributed by atoms with E-state index in [1.807, 2.05) is 0 Å². The topological polar surface area (TPSA) is 39.7 Å². The summed E-state index contributed by atoms with van der Waals surface area (Å²) in [6.45, 7) is 11.7. The van der Waals surface area contributed by atoms with Crippen molar-refractivity contribution in [1.29, 1.82) is 0 Å². The number of benzene rings is 1. The van der Waals surface area contributed by atoms with Gasteiger partial charge in [-0.1, -0.05) is 36.8 Å².